The van der Waals surface area contributed by atoms with E-state index in [1.54, 1.807) is 26.0 Å². The third-order valence-electron chi connectivity index (χ3n) is 3.91. The molecule has 0 aromatic heterocycles. The van der Waals surface area contributed by atoms with Crippen molar-refractivity contribution in [3.63, 3.8) is 0 Å². The van der Waals surface area contributed by atoms with Crippen LogP contribution in [0.3, 0.4) is 0 Å². The van der Waals surface area contributed by atoms with Crippen LogP contribution in [0.4, 0.5) is 0 Å². The molecule has 4 nitrogen and oxygen atoms in total. The van der Waals surface area contributed by atoms with Gasteiger partial charge in [0.25, 0.3) is 0 Å². The fourth-order valence-corrected chi connectivity index (χ4v) is 3.23. The summed E-state index contributed by atoms with van der Waals surface area (Å²) in [5.41, 5.74) is 3.46. The number of benzene rings is 2. The Morgan fingerprint density at radius 3 is 2.40 bits per heavy atom. The lowest BCUT2D eigenvalue weighted by Gasteiger charge is -2.16. The fourth-order valence-electron chi connectivity index (χ4n) is 2.43. The minimum atomic E-state index is -0.0905. The second-order valence-electron chi connectivity index (χ2n) is 5.88. The molecule has 0 saturated carbocycles. The van der Waals surface area contributed by atoms with Crippen molar-refractivity contribution in [1.29, 1.82) is 0 Å². The van der Waals surface area contributed by atoms with Gasteiger partial charge in [0.2, 0.25) is 5.91 Å². The van der Waals surface area contributed by atoms with Gasteiger partial charge in [0.15, 0.2) is 11.5 Å². The molecule has 0 fully saturated rings. The number of ether oxygens (including phenoxy) is 2. The van der Waals surface area contributed by atoms with E-state index in [1.165, 1.54) is 11.1 Å². The quantitative estimate of drug-likeness (QED) is 0.770. The molecule has 0 heterocycles. The number of hydrogen-bond acceptors (Lipinski definition) is 4. The monoisotopic (exact) mass is 359 g/mol. The molecule has 134 valence electrons. The molecule has 0 bridgehead atoms. The number of methoxy groups -OCH3 is 2. The van der Waals surface area contributed by atoms with Gasteiger partial charge in [-0.25, -0.2) is 0 Å². The summed E-state index contributed by atoms with van der Waals surface area (Å²) in [4.78, 5) is 12.2. The number of amides is 1. The van der Waals surface area contributed by atoms with Crippen LogP contribution >= 0.6 is 11.8 Å². The maximum absolute atomic E-state index is 12.2. The van der Waals surface area contributed by atoms with Crippen molar-refractivity contribution in [2.24, 2.45) is 0 Å². The minimum Gasteiger partial charge on any atom is -0.493 e. The van der Waals surface area contributed by atoms with Crippen LogP contribution in [0.2, 0.25) is 0 Å². The lowest BCUT2D eigenvalue weighted by molar-refractivity contribution is -0.119. The topological polar surface area (TPSA) is 47.6 Å². The smallest absolute Gasteiger partial charge is 0.230 e. The number of nitrogens with one attached hydrogen (secondary N) is 1. The summed E-state index contributed by atoms with van der Waals surface area (Å²) in [7, 11) is 3.21. The van der Waals surface area contributed by atoms with Crippen LogP contribution in [-0.2, 0) is 10.5 Å². The van der Waals surface area contributed by atoms with Crippen LogP contribution in [0.15, 0.2) is 42.5 Å². The number of carbonyl (C=O) groups is 1. The van der Waals surface area contributed by atoms with E-state index in [-0.39, 0.29) is 11.9 Å². The van der Waals surface area contributed by atoms with E-state index in [2.05, 4.69) is 36.5 Å². The number of hydrogen-bond donors (Lipinski definition) is 1. The van der Waals surface area contributed by atoms with Gasteiger partial charge in [0.1, 0.15) is 0 Å². The Labute approximate surface area is 153 Å². The van der Waals surface area contributed by atoms with Crippen LogP contribution in [0.1, 0.15) is 29.7 Å². The maximum atomic E-state index is 12.2. The predicted octanol–water partition coefficient (Wildman–Crippen LogP) is 4.12. The first-order valence-corrected chi connectivity index (χ1v) is 9.33. The molecule has 1 N–H and O–H groups in total. The van der Waals surface area contributed by atoms with Crippen LogP contribution in [0.25, 0.3) is 0 Å². The van der Waals surface area contributed by atoms with Crippen molar-refractivity contribution in [2.45, 2.75) is 25.6 Å². The van der Waals surface area contributed by atoms with Crippen molar-refractivity contribution >= 4 is 17.7 Å². The molecule has 0 saturated heterocycles. The lowest BCUT2D eigenvalue weighted by atomic mass is 10.1. The summed E-state index contributed by atoms with van der Waals surface area (Å²) in [5, 5.41) is 3.02. The van der Waals surface area contributed by atoms with Gasteiger partial charge in [-0.05, 0) is 37.1 Å². The van der Waals surface area contributed by atoms with Crippen molar-refractivity contribution in [1.82, 2.24) is 5.32 Å². The Balaban J connectivity index is 1.84. The third-order valence-corrected chi connectivity index (χ3v) is 4.91. The Kier molecular flexibility index (Phi) is 7.19. The molecule has 0 aliphatic rings. The average Bonchev–Trinajstić information content (AvgIpc) is 2.62. The van der Waals surface area contributed by atoms with Crippen LogP contribution in [-0.4, -0.2) is 25.9 Å². The second kappa shape index (κ2) is 9.37. The molecule has 2 rings (SSSR count). The predicted molar refractivity (Wildman–Crippen MR) is 103 cm³/mol. The van der Waals surface area contributed by atoms with Gasteiger partial charge in [-0.15, -0.1) is 11.8 Å². The standard InChI is InChI=1S/C20H25NO3S/c1-14-5-7-16(8-6-14)12-25-13-20(22)21-15(2)17-9-10-18(23-3)19(11-17)24-4/h5-11,15H,12-13H2,1-4H3,(H,21,22)/t15-/m1/s1. The third kappa shape index (κ3) is 5.71. The first kappa shape index (κ1) is 19.2. The van der Waals surface area contributed by atoms with E-state index in [1.807, 2.05) is 25.1 Å². The van der Waals surface area contributed by atoms with Gasteiger partial charge < -0.3 is 14.8 Å². The zero-order valence-corrected chi connectivity index (χ0v) is 16.0. The van der Waals surface area contributed by atoms with Crippen molar-refractivity contribution in [3.8, 4) is 11.5 Å². The molecule has 5 heteroatoms. The van der Waals surface area contributed by atoms with Gasteiger partial charge >= 0.3 is 0 Å². The van der Waals surface area contributed by atoms with E-state index >= 15 is 0 Å². The highest BCUT2D eigenvalue weighted by atomic mass is 32.2. The number of thioether (sulfide) groups is 1. The lowest BCUT2D eigenvalue weighted by Crippen LogP contribution is -2.28. The van der Waals surface area contributed by atoms with Crippen molar-refractivity contribution < 1.29 is 14.3 Å². The second-order valence-corrected chi connectivity index (χ2v) is 6.87. The van der Waals surface area contributed by atoms with Crippen LogP contribution in [0.5, 0.6) is 11.5 Å². The Bertz CT molecular complexity index is 701. The average molecular weight is 359 g/mol. The number of carbonyl (C=O) groups excluding carboxylic acids is 1. The summed E-state index contributed by atoms with van der Waals surface area (Å²) in [6.07, 6.45) is 0. The summed E-state index contributed by atoms with van der Waals surface area (Å²) >= 11 is 1.61. The Hall–Kier alpha value is -2.14. The van der Waals surface area contributed by atoms with Crippen molar-refractivity contribution in [3.05, 3.63) is 59.2 Å². The molecule has 1 amide bonds. The highest BCUT2D eigenvalue weighted by Crippen LogP contribution is 2.29. The Morgan fingerprint density at radius 2 is 1.76 bits per heavy atom. The minimum absolute atomic E-state index is 0.0272. The fraction of sp³-hybridized carbons (Fsp3) is 0.350. The molecular weight excluding hydrogens is 334 g/mol. The molecule has 0 unspecified atom stereocenters. The summed E-state index contributed by atoms with van der Waals surface area (Å²) in [6, 6.07) is 14.0. The Morgan fingerprint density at radius 1 is 1.08 bits per heavy atom. The van der Waals surface area contributed by atoms with E-state index in [9.17, 15) is 4.79 Å². The SMILES string of the molecule is COc1ccc([C@@H](C)NC(=O)CSCc2ccc(C)cc2)cc1OC. The summed E-state index contributed by atoms with van der Waals surface area (Å²) in [6.45, 7) is 4.03. The van der Waals surface area contributed by atoms with E-state index in [0.717, 1.165) is 11.3 Å². The van der Waals surface area contributed by atoms with E-state index < -0.39 is 0 Å². The van der Waals surface area contributed by atoms with Crippen LogP contribution in [0, 0.1) is 6.92 Å². The molecule has 0 spiro atoms. The van der Waals surface area contributed by atoms with Gasteiger partial charge in [-0.2, -0.15) is 0 Å². The summed E-state index contributed by atoms with van der Waals surface area (Å²) in [5.74, 6) is 2.64. The van der Waals surface area contributed by atoms with Crippen molar-refractivity contribution in [2.75, 3.05) is 20.0 Å². The first-order valence-electron chi connectivity index (χ1n) is 8.18. The maximum Gasteiger partial charge on any atom is 0.230 e. The molecule has 0 radical (unpaired) electrons. The molecule has 2 aromatic carbocycles. The molecule has 1 atom stereocenters. The normalized spacial score (nSPS) is 11.7. The highest BCUT2D eigenvalue weighted by molar-refractivity contribution is 7.99. The first-order chi connectivity index (χ1) is 12.0. The number of rotatable bonds is 8. The van der Waals surface area contributed by atoms with E-state index in [0.29, 0.717) is 17.3 Å². The molecule has 25 heavy (non-hydrogen) atoms. The van der Waals surface area contributed by atoms with Gasteiger partial charge in [-0.3, -0.25) is 4.79 Å². The molecule has 2 aromatic rings. The van der Waals surface area contributed by atoms with Crippen LogP contribution < -0.4 is 14.8 Å². The van der Waals surface area contributed by atoms with Gasteiger partial charge in [0.05, 0.1) is 26.0 Å². The largest absolute Gasteiger partial charge is 0.493 e. The molecular formula is C20H25NO3S. The summed E-state index contributed by atoms with van der Waals surface area (Å²) < 4.78 is 10.6. The zero-order valence-electron chi connectivity index (χ0n) is 15.2. The highest BCUT2D eigenvalue weighted by Gasteiger charge is 2.12. The zero-order chi connectivity index (χ0) is 18.2. The van der Waals surface area contributed by atoms with Gasteiger partial charge in [-0.1, -0.05) is 35.9 Å². The van der Waals surface area contributed by atoms with E-state index in [4.69, 9.17) is 9.47 Å². The number of aryl methyl sites for hydroxylation is 1. The van der Waals surface area contributed by atoms with Gasteiger partial charge in [0, 0.05) is 5.75 Å². The molecule has 0 aliphatic carbocycles. The molecule has 0 aliphatic heterocycles.